The highest BCUT2D eigenvalue weighted by molar-refractivity contribution is 6.33. The summed E-state index contributed by atoms with van der Waals surface area (Å²) in [6.07, 6.45) is 0. The smallest absolute Gasteiger partial charge is 0.246 e. The molecule has 0 fully saturated rings. The third kappa shape index (κ3) is 4.63. The molecular weight excluding hydrogens is 328 g/mol. The van der Waals surface area contributed by atoms with Crippen LogP contribution in [0.5, 0.6) is 5.75 Å². The van der Waals surface area contributed by atoms with Crippen molar-refractivity contribution in [2.24, 2.45) is 0 Å². The second-order valence-corrected chi connectivity index (χ2v) is 5.66. The Bertz CT molecular complexity index is 706. The lowest BCUT2D eigenvalue weighted by Crippen LogP contribution is -2.32. The third-order valence-corrected chi connectivity index (χ3v) is 3.77. The molecule has 1 amide bonds. The fourth-order valence-corrected chi connectivity index (χ4v) is 2.39. The Morgan fingerprint density at radius 1 is 1.29 bits per heavy atom. The molecule has 6 heteroatoms. The number of para-hydroxylation sites is 1. The summed E-state index contributed by atoms with van der Waals surface area (Å²) in [7, 11) is 0. The fraction of sp³-hybridized carbons (Fsp3) is 0.278. The van der Waals surface area contributed by atoms with Gasteiger partial charge in [-0.1, -0.05) is 23.7 Å². The second-order valence-electron chi connectivity index (χ2n) is 5.25. The number of anilines is 2. The minimum atomic E-state index is -0.481. The van der Waals surface area contributed by atoms with Gasteiger partial charge in [0.15, 0.2) is 0 Å². The van der Waals surface area contributed by atoms with Crippen molar-refractivity contribution in [2.75, 3.05) is 17.2 Å². The second kappa shape index (κ2) is 8.57. The van der Waals surface area contributed by atoms with Gasteiger partial charge in [0.05, 0.1) is 23.9 Å². The molecule has 128 valence electrons. The molecule has 0 saturated carbocycles. The summed E-state index contributed by atoms with van der Waals surface area (Å²) in [5.41, 5.74) is 1.96. The molecule has 0 aliphatic heterocycles. The summed E-state index contributed by atoms with van der Waals surface area (Å²) in [4.78, 5) is 12.3. The van der Waals surface area contributed by atoms with E-state index in [4.69, 9.17) is 16.3 Å². The molecule has 1 atom stereocenters. The average Bonchev–Trinajstić information content (AvgIpc) is 2.58. The van der Waals surface area contributed by atoms with E-state index in [0.717, 1.165) is 5.69 Å². The summed E-state index contributed by atoms with van der Waals surface area (Å²) in [6, 6.07) is 11.9. The van der Waals surface area contributed by atoms with Crippen LogP contribution in [0.25, 0.3) is 0 Å². The number of halogens is 1. The normalized spacial score (nSPS) is 11.7. The monoisotopic (exact) mass is 348 g/mol. The molecule has 0 aromatic heterocycles. The standard InChI is InChI=1S/C18H21ClN2O3/c1-3-24-17-9-8-14(10-13(17)11-22)20-12(2)18(23)21-16-7-5-4-6-15(16)19/h4-10,12,20,22H,3,11H2,1-2H3,(H,21,23). The lowest BCUT2D eigenvalue weighted by atomic mass is 10.1. The van der Waals surface area contributed by atoms with Crippen molar-refractivity contribution >= 4 is 28.9 Å². The van der Waals surface area contributed by atoms with Crippen molar-refractivity contribution < 1.29 is 14.6 Å². The first-order valence-electron chi connectivity index (χ1n) is 7.73. The van der Waals surface area contributed by atoms with Gasteiger partial charge >= 0.3 is 0 Å². The summed E-state index contributed by atoms with van der Waals surface area (Å²) in [5, 5.41) is 15.8. The van der Waals surface area contributed by atoms with E-state index in [9.17, 15) is 9.90 Å². The van der Waals surface area contributed by atoms with Crippen molar-refractivity contribution in [2.45, 2.75) is 26.5 Å². The maximum atomic E-state index is 12.3. The minimum absolute atomic E-state index is 0.134. The number of benzene rings is 2. The number of nitrogens with one attached hydrogen (secondary N) is 2. The number of rotatable bonds is 7. The lowest BCUT2D eigenvalue weighted by molar-refractivity contribution is -0.116. The first-order chi connectivity index (χ1) is 11.5. The number of aliphatic hydroxyl groups excluding tert-OH is 1. The highest BCUT2D eigenvalue weighted by atomic mass is 35.5. The zero-order valence-corrected chi connectivity index (χ0v) is 14.4. The number of hydrogen-bond donors (Lipinski definition) is 3. The Kier molecular flexibility index (Phi) is 6.46. The maximum Gasteiger partial charge on any atom is 0.246 e. The SMILES string of the molecule is CCOc1ccc(NC(C)C(=O)Nc2ccccc2Cl)cc1CO. The van der Waals surface area contributed by atoms with Crippen LogP contribution in [0.4, 0.5) is 11.4 Å². The van der Waals surface area contributed by atoms with Crippen LogP contribution >= 0.6 is 11.6 Å². The van der Waals surface area contributed by atoms with Crippen molar-refractivity contribution in [3.8, 4) is 5.75 Å². The molecule has 2 aromatic carbocycles. The Labute approximate surface area is 146 Å². The maximum absolute atomic E-state index is 12.3. The van der Waals surface area contributed by atoms with E-state index in [1.807, 2.05) is 13.0 Å². The molecule has 0 heterocycles. The summed E-state index contributed by atoms with van der Waals surface area (Å²) >= 11 is 6.04. The Morgan fingerprint density at radius 2 is 2.04 bits per heavy atom. The molecule has 2 rings (SSSR count). The Morgan fingerprint density at radius 3 is 2.71 bits per heavy atom. The number of aliphatic hydroxyl groups is 1. The molecule has 0 spiro atoms. The van der Waals surface area contributed by atoms with E-state index in [-0.39, 0.29) is 12.5 Å². The number of ether oxygens (including phenoxy) is 1. The van der Waals surface area contributed by atoms with Crippen LogP contribution < -0.4 is 15.4 Å². The molecule has 2 aromatic rings. The third-order valence-electron chi connectivity index (χ3n) is 3.44. The van der Waals surface area contributed by atoms with E-state index in [1.54, 1.807) is 43.3 Å². The minimum Gasteiger partial charge on any atom is -0.494 e. The van der Waals surface area contributed by atoms with Gasteiger partial charge in [0.2, 0.25) is 5.91 Å². The van der Waals surface area contributed by atoms with Crippen LogP contribution in [0.3, 0.4) is 0 Å². The van der Waals surface area contributed by atoms with E-state index in [0.29, 0.717) is 28.6 Å². The van der Waals surface area contributed by atoms with Crippen LogP contribution in [0.2, 0.25) is 5.02 Å². The summed E-state index contributed by atoms with van der Waals surface area (Å²) in [6.45, 7) is 4.02. The van der Waals surface area contributed by atoms with Gasteiger partial charge in [0.25, 0.3) is 0 Å². The first kappa shape index (κ1) is 18.1. The molecule has 0 aliphatic carbocycles. The average molecular weight is 349 g/mol. The van der Waals surface area contributed by atoms with E-state index in [1.165, 1.54) is 0 Å². The van der Waals surface area contributed by atoms with Crippen molar-refractivity contribution in [1.29, 1.82) is 0 Å². The Hall–Kier alpha value is -2.24. The molecule has 1 unspecified atom stereocenters. The predicted molar refractivity (Wildman–Crippen MR) is 96.7 cm³/mol. The van der Waals surface area contributed by atoms with Crippen LogP contribution in [0.15, 0.2) is 42.5 Å². The van der Waals surface area contributed by atoms with Crippen LogP contribution in [-0.4, -0.2) is 23.7 Å². The fourth-order valence-electron chi connectivity index (χ4n) is 2.21. The number of carbonyl (C=O) groups is 1. The largest absolute Gasteiger partial charge is 0.494 e. The lowest BCUT2D eigenvalue weighted by Gasteiger charge is -2.17. The highest BCUT2D eigenvalue weighted by Gasteiger charge is 2.15. The summed E-state index contributed by atoms with van der Waals surface area (Å²) in [5.74, 6) is 0.432. The molecule has 5 nitrogen and oxygen atoms in total. The Balaban J connectivity index is 2.04. The van der Waals surface area contributed by atoms with Crippen LogP contribution in [0.1, 0.15) is 19.4 Å². The van der Waals surface area contributed by atoms with Crippen molar-refractivity contribution in [3.63, 3.8) is 0 Å². The van der Waals surface area contributed by atoms with Gasteiger partial charge in [-0.2, -0.15) is 0 Å². The summed E-state index contributed by atoms with van der Waals surface area (Å²) < 4.78 is 5.45. The molecule has 0 bridgehead atoms. The van der Waals surface area contributed by atoms with Gasteiger partial charge in [0, 0.05) is 11.3 Å². The van der Waals surface area contributed by atoms with E-state index in [2.05, 4.69) is 10.6 Å². The van der Waals surface area contributed by atoms with E-state index < -0.39 is 6.04 Å². The van der Waals surface area contributed by atoms with Gasteiger partial charge in [-0.15, -0.1) is 0 Å². The number of hydrogen-bond acceptors (Lipinski definition) is 4. The zero-order chi connectivity index (χ0) is 17.5. The van der Waals surface area contributed by atoms with Crippen LogP contribution in [-0.2, 0) is 11.4 Å². The molecule has 0 saturated heterocycles. The molecular formula is C18H21ClN2O3. The van der Waals surface area contributed by atoms with Gasteiger partial charge < -0.3 is 20.5 Å². The van der Waals surface area contributed by atoms with Crippen molar-refractivity contribution in [1.82, 2.24) is 0 Å². The van der Waals surface area contributed by atoms with Gasteiger partial charge in [0.1, 0.15) is 11.8 Å². The van der Waals surface area contributed by atoms with Crippen LogP contribution in [0, 0.1) is 0 Å². The quantitative estimate of drug-likeness (QED) is 0.714. The van der Waals surface area contributed by atoms with Gasteiger partial charge in [-0.25, -0.2) is 0 Å². The van der Waals surface area contributed by atoms with Gasteiger partial charge in [-0.3, -0.25) is 4.79 Å². The molecule has 0 radical (unpaired) electrons. The van der Waals surface area contributed by atoms with E-state index >= 15 is 0 Å². The zero-order valence-electron chi connectivity index (χ0n) is 13.7. The molecule has 0 aliphatic rings. The highest BCUT2D eigenvalue weighted by Crippen LogP contribution is 2.24. The number of amides is 1. The first-order valence-corrected chi connectivity index (χ1v) is 8.11. The van der Waals surface area contributed by atoms with Gasteiger partial charge in [-0.05, 0) is 44.2 Å². The topological polar surface area (TPSA) is 70.6 Å². The predicted octanol–water partition coefficient (Wildman–Crippen LogP) is 3.67. The number of carbonyl (C=O) groups excluding carboxylic acids is 1. The molecule has 3 N–H and O–H groups in total. The van der Waals surface area contributed by atoms with Crippen molar-refractivity contribution in [3.05, 3.63) is 53.1 Å². The molecule has 24 heavy (non-hydrogen) atoms.